The molecule has 0 saturated heterocycles. The zero-order valence-corrected chi connectivity index (χ0v) is 13.4. The van der Waals surface area contributed by atoms with Crippen LogP contribution in [0.2, 0.25) is 0 Å². The minimum Gasteiger partial charge on any atom is -0.447 e. The van der Waals surface area contributed by atoms with E-state index in [2.05, 4.69) is 31.2 Å². The molecule has 3 heteroatoms. The van der Waals surface area contributed by atoms with Crippen molar-refractivity contribution in [3.8, 4) is 10.8 Å². The lowest BCUT2D eigenvalue weighted by molar-refractivity contribution is -0.0979. The van der Waals surface area contributed by atoms with Gasteiger partial charge in [0, 0.05) is 4.88 Å². The van der Waals surface area contributed by atoms with Crippen LogP contribution in [0.3, 0.4) is 0 Å². The van der Waals surface area contributed by atoms with Crippen LogP contribution < -0.4 is 4.74 Å². The van der Waals surface area contributed by atoms with E-state index in [4.69, 9.17) is 9.53 Å². The molecule has 0 spiro atoms. The van der Waals surface area contributed by atoms with Gasteiger partial charge in [0.1, 0.15) is 12.5 Å². The van der Waals surface area contributed by atoms with Crippen LogP contribution in [0, 0.1) is 6.92 Å². The lowest BCUT2D eigenvalue weighted by Gasteiger charge is -2.02. The predicted octanol–water partition coefficient (Wildman–Crippen LogP) is 5.72. The highest BCUT2D eigenvalue weighted by atomic mass is 32.1. The molecule has 0 amide bonds. The Balaban J connectivity index is 0.000000829. The topological polar surface area (TPSA) is 26.3 Å². The molecule has 0 aliphatic rings. The molecule has 20 heavy (non-hydrogen) atoms. The van der Waals surface area contributed by atoms with E-state index in [9.17, 15) is 0 Å². The lowest BCUT2D eigenvalue weighted by atomic mass is 10.2. The van der Waals surface area contributed by atoms with Crippen molar-refractivity contribution in [1.29, 1.82) is 0 Å². The summed E-state index contributed by atoms with van der Waals surface area (Å²) in [6, 6.07) is 12.1. The molecule has 0 aliphatic carbocycles. The maximum Gasteiger partial charge on any atom is 0.181 e. The summed E-state index contributed by atoms with van der Waals surface area (Å²) in [5, 5.41) is 0.928. The zero-order chi connectivity index (χ0) is 15.4. The van der Waals surface area contributed by atoms with Crippen molar-refractivity contribution in [1.82, 2.24) is 0 Å². The average Bonchev–Trinajstić information content (AvgIpc) is 2.93. The molecule has 2 nitrogen and oxygen atoms in total. The van der Waals surface area contributed by atoms with Crippen LogP contribution in [0.4, 0.5) is 0 Å². The van der Waals surface area contributed by atoms with Gasteiger partial charge < -0.3 is 9.53 Å². The molecule has 1 aromatic carbocycles. The van der Waals surface area contributed by atoms with Crippen LogP contribution in [0.25, 0.3) is 6.08 Å². The first kappa shape index (κ1) is 18.1. The van der Waals surface area contributed by atoms with E-state index in [1.807, 2.05) is 51.8 Å². The van der Waals surface area contributed by atoms with Crippen LogP contribution in [-0.4, -0.2) is 6.79 Å². The normalized spacial score (nSPS) is 9.20. The first-order valence-electron chi connectivity index (χ1n) is 6.54. The molecule has 0 atom stereocenters. The molecular formula is C17H22O2S. The van der Waals surface area contributed by atoms with Crippen molar-refractivity contribution in [2.45, 2.75) is 27.7 Å². The highest BCUT2D eigenvalue weighted by Crippen LogP contribution is 2.30. The molecule has 0 unspecified atom stereocenters. The predicted molar refractivity (Wildman–Crippen MR) is 88.7 cm³/mol. The summed E-state index contributed by atoms with van der Waals surface area (Å²) in [4.78, 5) is 9.21. The molecule has 0 fully saturated rings. The van der Waals surface area contributed by atoms with Gasteiger partial charge in [-0.25, -0.2) is 0 Å². The first-order chi connectivity index (χ1) is 9.78. The molecule has 0 saturated carbocycles. The second kappa shape index (κ2) is 11.0. The number of allylic oxidation sites excluding steroid dienone is 1. The molecule has 1 aromatic heterocycles. The largest absolute Gasteiger partial charge is 0.447 e. The molecule has 2 aromatic rings. The van der Waals surface area contributed by atoms with Crippen molar-refractivity contribution in [2.75, 3.05) is 0 Å². The molecule has 0 bridgehead atoms. The smallest absolute Gasteiger partial charge is 0.181 e. The third kappa shape index (κ3) is 6.34. The van der Waals surface area contributed by atoms with Gasteiger partial charge >= 0.3 is 0 Å². The maximum atomic E-state index is 8.00. The molecule has 0 aliphatic heterocycles. The number of carbonyl (C=O) groups excluding carboxylic acids is 1. The summed E-state index contributed by atoms with van der Waals surface area (Å²) in [5.41, 5.74) is 1.24. The number of ether oxygens (including phenoxy) is 1. The SMILES string of the molecule is C/C=C/c1ccc(Oc2ccc(C)cc2)s1.C=O.CC. The summed E-state index contributed by atoms with van der Waals surface area (Å²) in [7, 11) is 0. The van der Waals surface area contributed by atoms with E-state index < -0.39 is 0 Å². The summed E-state index contributed by atoms with van der Waals surface area (Å²) >= 11 is 1.65. The molecule has 1 heterocycles. The van der Waals surface area contributed by atoms with Gasteiger partial charge in [0.05, 0.1) is 0 Å². The molecule has 0 radical (unpaired) electrons. The number of hydrogen-bond donors (Lipinski definition) is 0. The highest BCUT2D eigenvalue weighted by molar-refractivity contribution is 7.14. The second-order valence-corrected chi connectivity index (χ2v) is 4.65. The maximum absolute atomic E-state index is 8.00. The average molecular weight is 290 g/mol. The minimum absolute atomic E-state index is 0.888. The Morgan fingerprint density at radius 2 is 1.65 bits per heavy atom. The molecular weight excluding hydrogens is 268 g/mol. The summed E-state index contributed by atoms with van der Waals surface area (Å²) in [5.74, 6) is 0.888. The van der Waals surface area contributed by atoms with Crippen molar-refractivity contribution in [3.05, 3.63) is 52.9 Å². The Bertz CT molecular complexity index is 498. The Kier molecular flexibility index (Phi) is 9.97. The van der Waals surface area contributed by atoms with Gasteiger partial charge in [-0.2, -0.15) is 0 Å². The Hall–Kier alpha value is -1.87. The van der Waals surface area contributed by atoms with Crippen molar-refractivity contribution in [3.63, 3.8) is 0 Å². The van der Waals surface area contributed by atoms with E-state index >= 15 is 0 Å². The van der Waals surface area contributed by atoms with E-state index in [-0.39, 0.29) is 0 Å². The van der Waals surface area contributed by atoms with E-state index in [0.717, 1.165) is 10.8 Å². The molecule has 2 rings (SSSR count). The van der Waals surface area contributed by atoms with Gasteiger partial charge in [0.25, 0.3) is 0 Å². The third-order valence-electron chi connectivity index (χ3n) is 2.17. The van der Waals surface area contributed by atoms with Crippen LogP contribution in [0.15, 0.2) is 42.5 Å². The summed E-state index contributed by atoms with van der Waals surface area (Å²) in [6.45, 7) is 10.1. The van der Waals surface area contributed by atoms with Crippen LogP contribution in [-0.2, 0) is 4.79 Å². The van der Waals surface area contributed by atoms with Crippen LogP contribution in [0.1, 0.15) is 31.2 Å². The zero-order valence-electron chi connectivity index (χ0n) is 12.6. The fourth-order valence-corrected chi connectivity index (χ4v) is 2.21. The van der Waals surface area contributed by atoms with Gasteiger partial charge in [-0.15, -0.1) is 0 Å². The third-order valence-corrected chi connectivity index (χ3v) is 3.10. The first-order valence-corrected chi connectivity index (χ1v) is 7.35. The van der Waals surface area contributed by atoms with Crippen LogP contribution in [0.5, 0.6) is 10.8 Å². The number of aryl methyl sites for hydroxylation is 1. The minimum atomic E-state index is 0.888. The Morgan fingerprint density at radius 1 is 1.05 bits per heavy atom. The number of thiophene rings is 1. The number of hydrogen-bond acceptors (Lipinski definition) is 3. The van der Waals surface area contributed by atoms with Gasteiger partial charge in [-0.3, -0.25) is 0 Å². The Morgan fingerprint density at radius 3 is 2.20 bits per heavy atom. The molecule has 108 valence electrons. The van der Waals surface area contributed by atoms with E-state index in [0.29, 0.717) is 0 Å². The van der Waals surface area contributed by atoms with Gasteiger partial charge in [0.2, 0.25) is 0 Å². The Labute approximate surface area is 125 Å². The van der Waals surface area contributed by atoms with Crippen molar-refractivity contribution < 1.29 is 9.53 Å². The summed E-state index contributed by atoms with van der Waals surface area (Å²) < 4.78 is 5.74. The quantitative estimate of drug-likeness (QED) is 0.722. The van der Waals surface area contributed by atoms with Crippen molar-refractivity contribution in [2.24, 2.45) is 0 Å². The fourth-order valence-electron chi connectivity index (χ4n) is 1.37. The second-order valence-electron chi connectivity index (χ2n) is 3.57. The van der Waals surface area contributed by atoms with Gasteiger partial charge in [0.15, 0.2) is 5.06 Å². The van der Waals surface area contributed by atoms with E-state index in [1.54, 1.807) is 11.3 Å². The monoisotopic (exact) mass is 290 g/mol. The fraction of sp³-hybridized carbons (Fsp3) is 0.235. The highest BCUT2D eigenvalue weighted by Gasteiger charge is 2.00. The summed E-state index contributed by atoms with van der Waals surface area (Å²) in [6.07, 6.45) is 4.11. The number of carbonyl (C=O) groups is 1. The van der Waals surface area contributed by atoms with Gasteiger partial charge in [-0.05, 0) is 44.2 Å². The molecule has 0 N–H and O–H groups in total. The number of rotatable bonds is 3. The van der Waals surface area contributed by atoms with Crippen molar-refractivity contribution >= 4 is 24.2 Å². The van der Waals surface area contributed by atoms with Crippen LogP contribution >= 0.6 is 11.3 Å². The lowest BCUT2D eigenvalue weighted by Crippen LogP contribution is -1.80. The number of benzene rings is 1. The standard InChI is InChI=1S/C14H14OS.C2H6.CH2O/c1-3-4-13-9-10-14(16-13)15-12-7-5-11(2)6-8-12;2*1-2/h3-10H,1-2H3;1-2H3;1H2/b4-3+;;. The van der Waals surface area contributed by atoms with E-state index in [1.165, 1.54) is 10.4 Å². The van der Waals surface area contributed by atoms with Gasteiger partial charge in [-0.1, -0.05) is 49.0 Å².